The Morgan fingerprint density at radius 2 is 1.81 bits per heavy atom. The van der Waals surface area contributed by atoms with Crippen molar-refractivity contribution in [2.75, 3.05) is 0 Å². The number of nitrogens with zero attached hydrogens (tertiary/aromatic N) is 5. The molecule has 0 saturated carbocycles. The van der Waals surface area contributed by atoms with Gasteiger partial charge in [0.1, 0.15) is 0 Å². The van der Waals surface area contributed by atoms with Crippen LogP contribution in [-0.4, -0.2) is 24.3 Å². The number of rotatable bonds is 5. The van der Waals surface area contributed by atoms with Crippen LogP contribution in [0, 0.1) is 0 Å². The second-order valence-electron chi connectivity index (χ2n) is 6.74. The molecule has 0 aliphatic rings. The summed E-state index contributed by atoms with van der Waals surface area (Å²) in [7, 11) is 1.94. The quantitative estimate of drug-likeness (QED) is 0.528. The van der Waals surface area contributed by atoms with Gasteiger partial charge in [0.15, 0.2) is 0 Å². The molecule has 0 spiro atoms. The van der Waals surface area contributed by atoms with E-state index in [1.165, 1.54) is 5.56 Å². The van der Waals surface area contributed by atoms with E-state index in [0.29, 0.717) is 0 Å². The van der Waals surface area contributed by atoms with Crippen molar-refractivity contribution in [1.29, 1.82) is 0 Å². The van der Waals surface area contributed by atoms with Crippen LogP contribution in [0.4, 0.5) is 0 Å². The Hall–Kier alpha value is -3.21. The highest BCUT2D eigenvalue weighted by molar-refractivity contribution is 5.77. The number of imidazole rings is 1. The van der Waals surface area contributed by atoms with Gasteiger partial charge in [-0.25, -0.2) is 4.98 Å². The average molecular weight is 357 g/mol. The number of aromatic nitrogens is 5. The normalized spacial score (nSPS) is 12.3. The minimum Gasteiger partial charge on any atom is -0.321 e. The van der Waals surface area contributed by atoms with Gasteiger partial charge in [-0.15, -0.1) is 0 Å². The first-order chi connectivity index (χ1) is 13.2. The summed E-state index contributed by atoms with van der Waals surface area (Å²) in [6.07, 6.45) is 8.79. The Morgan fingerprint density at radius 1 is 1.00 bits per heavy atom. The van der Waals surface area contributed by atoms with Crippen molar-refractivity contribution in [1.82, 2.24) is 24.3 Å². The molecule has 4 aromatic rings. The molecular weight excluding hydrogens is 334 g/mol. The molecule has 3 heterocycles. The molecule has 0 radical (unpaired) electrons. The van der Waals surface area contributed by atoms with Gasteiger partial charge in [-0.3, -0.25) is 9.67 Å². The lowest BCUT2D eigenvalue weighted by molar-refractivity contribution is 0.642. The monoisotopic (exact) mass is 357 g/mol. The van der Waals surface area contributed by atoms with Gasteiger partial charge in [0, 0.05) is 30.6 Å². The molecule has 0 unspecified atom stereocenters. The highest BCUT2D eigenvalue weighted by atomic mass is 15.2. The van der Waals surface area contributed by atoms with E-state index in [1.807, 2.05) is 54.8 Å². The molecule has 0 bridgehead atoms. The zero-order valence-electron chi connectivity index (χ0n) is 15.9. The number of hydrogen-bond donors (Lipinski definition) is 0. The van der Waals surface area contributed by atoms with E-state index < -0.39 is 0 Å². The van der Waals surface area contributed by atoms with Gasteiger partial charge >= 0.3 is 0 Å². The molecule has 0 aliphatic carbocycles. The van der Waals surface area contributed by atoms with Gasteiger partial charge in [0.05, 0.1) is 35.6 Å². The fourth-order valence-corrected chi connectivity index (χ4v) is 3.31. The Morgan fingerprint density at radius 3 is 2.44 bits per heavy atom. The first-order valence-electron chi connectivity index (χ1n) is 9.23. The number of hydrogen-bond acceptors (Lipinski definition) is 3. The molecule has 0 amide bonds. The minimum absolute atomic E-state index is 0.103. The SMILES string of the molecule is CCc1ccc(-c2c(-c3ccccc3)ncn2[C@H](C)c2cnn(C)c2)nc1. The maximum absolute atomic E-state index is 4.75. The summed E-state index contributed by atoms with van der Waals surface area (Å²) in [5, 5.41) is 4.32. The molecule has 5 heteroatoms. The fourth-order valence-electron chi connectivity index (χ4n) is 3.31. The predicted octanol–water partition coefficient (Wildman–Crippen LogP) is 4.52. The van der Waals surface area contributed by atoms with Crippen molar-refractivity contribution in [2.45, 2.75) is 26.3 Å². The summed E-state index contributed by atoms with van der Waals surface area (Å²) >= 11 is 0. The summed E-state index contributed by atoms with van der Waals surface area (Å²) < 4.78 is 4.02. The van der Waals surface area contributed by atoms with Crippen molar-refractivity contribution < 1.29 is 0 Å². The first kappa shape index (κ1) is 17.2. The van der Waals surface area contributed by atoms with Crippen LogP contribution in [0.15, 0.2) is 67.4 Å². The third-order valence-electron chi connectivity index (χ3n) is 4.94. The average Bonchev–Trinajstić information content (AvgIpc) is 3.35. The summed E-state index contributed by atoms with van der Waals surface area (Å²) in [5.74, 6) is 0. The topological polar surface area (TPSA) is 48.5 Å². The molecule has 0 aliphatic heterocycles. The molecular formula is C22H23N5. The van der Waals surface area contributed by atoms with E-state index >= 15 is 0 Å². The Balaban J connectivity index is 1.87. The summed E-state index contributed by atoms with van der Waals surface area (Å²) in [6.45, 7) is 4.30. The van der Waals surface area contributed by atoms with Crippen LogP contribution in [0.3, 0.4) is 0 Å². The van der Waals surface area contributed by atoms with Crippen LogP contribution in [0.25, 0.3) is 22.6 Å². The maximum Gasteiger partial charge on any atom is 0.0979 e. The van der Waals surface area contributed by atoms with Gasteiger partial charge in [-0.05, 0) is 25.0 Å². The molecule has 0 saturated heterocycles. The van der Waals surface area contributed by atoms with E-state index in [-0.39, 0.29) is 6.04 Å². The van der Waals surface area contributed by atoms with Crippen molar-refractivity contribution in [3.8, 4) is 22.6 Å². The van der Waals surface area contributed by atoms with Gasteiger partial charge in [0.25, 0.3) is 0 Å². The van der Waals surface area contributed by atoms with E-state index in [0.717, 1.165) is 34.6 Å². The highest BCUT2D eigenvalue weighted by Gasteiger charge is 2.20. The lowest BCUT2D eigenvalue weighted by Crippen LogP contribution is -2.07. The van der Waals surface area contributed by atoms with Crippen LogP contribution < -0.4 is 0 Å². The number of benzene rings is 1. The van der Waals surface area contributed by atoms with Crippen molar-refractivity contribution >= 4 is 0 Å². The van der Waals surface area contributed by atoms with Crippen LogP contribution in [0.2, 0.25) is 0 Å². The molecule has 4 rings (SSSR count). The van der Waals surface area contributed by atoms with Gasteiger partial charge in [-0.2, -0.15) is 5.10 Å². The molecule has 1 atom stereocenters. The van der Waals surface area contributed by atoms with E-state index in [9.17, 15) is 0 Å². The smallest absolute Gasteiger partial charge is 0.0979 e. The molecule has 5 nitrogen and oxygen atoms in total. The number of aryl methyl sites for hydroxylation is 2. The lowest BCUT2D eigenvalue weighted by atomic mass is 10.1. The second kappa shape index (κ2) is 7.19. The van der Waals surface area contributed by atoms with Crippen molar-refractivity contribution in [3.63, 3.8) is 0 Å². The van der Waals surface area contributed by atoms with Crippen LogP contribution in [0.5, 0.6) is 0 Å². The highest BCUT2D eigenvalue weighted by Crippen LogP contribution is 2.33. The van der Waals surface area contributed by atoms with Gasteiger partial charge < -0.3 is 4.57 Å². The van der Waals surface area contributed by atoms with E-state index in [1.54, 1.807) is 0 Å². The third kappa shape index (κ3) is 3.28. The third-order valence-corrected chi connectivity index (χ3v) is 4.94. The Bertz CT molecular complexity index is 1030. The van der Waals surface area contributed by atoms with Crippen LogP contribution >= 0.6 is 0 Å². The molecule has 27 heavy (non-hydrogen) atoms. The summed E-state index contributed by atoms with van der Waals surface area (Å²) in [4.78, 5) is 9.49. The van der Waals surface area contributed by atoms with E-state index in [4.69, 9.17) is 9.97 Å². The number of pyridine rings is 1. The Kier molecular flexibility index (Phi) is 4.59. The zero-order chi connectivity index (χ0) is 18.8. The summed E-state index contributed by atoms with van der Waals surface area (Å²) in [5.41, 5.74) is 6.36. The molecule has 1 aromatic carbocycles. The first-order valence-corrected chi connectivity index (χ1v) is 9.23. The van der Waals surface area contributed by atoms with Crippen LogP contribution in [-0.2, 0) is 13.5 Å². The molecule has 136 valence electrons. The Labute approximate surface area is 159 Å². The molecule has 0 N–H and O–H groups in total. The van der Waals surface area contributed by atoms with Crippen LogP contribution in [0.1, 0.15) is 31.0 Å². The molecule has 0 fully saturated rings. The minimum atomic E-state index is 0.103. The van der Waals surface area contributed by atoms with E-state index in [2.05, 4.69) is 47.8 Å². The largest absolute Gasteiger partial charge is 0.321 e. The fraction of sp³-hybridized carbons (Fsp3) is 0.227. The summed E-state index contributed by atoms with van der Waals surface area (Å²) in [6, 6.07) is 14.6. The van der Waals surface area contributed by atoms with Crippen molar-refractivity contribution in [3.05, 3.63) is 78.5 Å². The maximum atomic E-state index is 4.75. The predicted molar refractivity (Wildman–Crippen MR) is 107 cm³/mol. The standard InChI is InChI=1S/C22H23N5/c1-4-17-10-11-20(23-12-17)22-21(18-8-6-5-7-9-18)24-15-27(22)16(2)19-13-25-26(3)14-19/h5-16H,4H2,1-3H3/t16-/m1/s1. The van der Waals surface area contributed by atoms with Gasteiger partial charge in [-0.1, -0.05) is 43.3 Å². The lowest BCUT2D eigenvalue weighted by Gasteiger charge is -2.16. The van der Waals surface area contributed by atoms with Gasteiger partial charge in [0.2, 0.25) is 0 Å². The van der Waals surface area contributed by atoms with Crippen molar-refractivity contribution in [2.24, 2.45) is 7.05 Å². The zero-order valence-corrected chi connectivity index (χ0v) is 15.9. The second-order valence-corrected chi connectivity index (χ2v) is 6.74. The molecule has 3 aromatic heterocycles.